The summed E-state index contributed by atoms with van der Waals surface area (Å²) in [5, 5.41) is 0.409. The molecule has 16 heavy (non-hydrogen) atoms. The van der Waals surface area contributed by atoms with Crippen molar-refractivity contribution in [3.05, 3.63) is 44.7 Å². The first-order chi connectivity index (χ1) is 7.56. The summed E-state index contributed by atoms with van der Waals surface area (Å²) in [6.07, 6.45) is 0.915. The summed E-state index contributed by atoms with van der Waals surface area (Å²) < 4.78 is 4.44. The summed E-state index contributed by atoms with van der Waals surface area (Å²) in [4.78, 5) is 24.9. The predicted octanol–water partition coefficient (Wildman–Crippen LogP) is 1.68. The molecule has 0 saturated carbocycles. The second-order valence-electron chi connectivity index (χ2n) is 4.28. The summed E-state index contributed by atoms with van der Waals surface area (Å²) in [5.41, 5.74) is 1.05. The predicted molar refractivity (Wildman–Crippen MR) is 61.6 cm³/mol. The highest BCUT2D eigenvalue weighted by atomic mass is 16.4. The molecule has 0 atom stereocenters. The average molecular weight is 219 g/mol. The van der Waals surface area contributed by atoms with Gasteiger partial charge >= 0.3 is 11.4 Å². The third-order valence-electron chi connectivity index (χ3n) is 2.37. The van der Waals surface area contributed by atoms with Crippen LogP contribution in [0, 0.1) is 5.92 Å². The fourth-order valence-corrected chi connectivity index (χ4v) is 1.75. The van der Waals surface area contributed by atoms with E-state index in [-0.39, 0.29) is 0 Å². The van der Waals surface area contributed by atoms with Gasteiger partial charge in [0, 0.05) is 0 Å². The van der Waals surface area contributed by atoms with E-state index in [0.29, 0.717) is 16.8 Å². The molecule has 2 rings (SSSR count). The number of benzene rings is 1. The molecule has 1 N–H and O–H groups in total. The maximum Gasteiger partial charge on any atom is 0.419 e. The van der Waals surface area contributed by atoms with Crippen LogP contribution >= 0.6 is 0 Å². The number of fused-ring (bicyclic) bond motifs is 1. The highest BCUT2D eigenvalue weighted by molar-refractivity contribution is 5.77. The monoisotopic (exact) mass is 219 g/mol. The fraction of sp³-hybridized carbons (Fsp3) is 0.333. The van der Waals surface area contributed by atoms with Crippen molar-refractivity contribution in [2.75, 3.05) is 0 Å². The summed E-state index contributed by atoms with van der Waals surface area (Å²) in [6.45, 7) is 4.23. The van der Waals surface area contributed by atoms with Crippen molar-refractivity contribution >= 4 is 10.9 Å². The number of nitrogens with one attached hydrogen (secondary N) is 1. The summed E-state index contributed by atoms with van der Waals surface area (Å²) in [6, 6.07) is 5.40. The molecule has 1 heterocycles. The molecule has 0 aliphatic rings. The quantitative estimate of drug-likeness (QED) is 0.835. The van der Waals surface area contributed by atoms with Gasteiger partial charge in [0.25, 0.3) is 0 Å². The molecular formula is C12H13NO3. The van der Waals surface area contributed by atoms with Crippen LogP contribution in [0.3, 0.4) is 0 Å². The number of hydrogen-bond acceptors (Lipinski definition) is 3. The van der Waals surface area contributed by atoms with Gasteiger partial charge in [0.15, 0.2) is 0 Å². The molecule has 0 saturated heterocycles. The van der Waals surface area contributed by atoms with Crippen molar-refractivity contribution in [1.29, 1.82) is 0 Å². The molecule has 0 spiro atoms. The molecule has 0 bridgehead atoms. The normalized spacial score (nSPS) is 11.2. The van der Waals surface area contributed by atoms with Gasteiger partial charge < -0.3 is 4.42 Å². The lowest BCUT2D eigenvalue weighted by Gasteiger charge is -2.05. The molecule has 4 heteroatoms. The number of hydrogen-bond donors (Lipinski definition) is 1. The van der Waals surface area contributed by atoms with E-state index in [4.69, 9.17) is 0 Å². The van der Waals surface area contributed by atoms with Crippen molar-refractivity contribution in [1.82, 2.24) is 4.98 Å². The van der Waals surface area contributed by atoms with Crippen LogP contribution in [0.15, 0.2) is 32.2 Å². The van der Waals surface area contributed by atoms with E-state index in [1.807, 2.05) is 12.1 Å². The first kappa shape index (κ1) is 10.7. The Morgan fingerprint density at radius 2 is 2.06 bits per heavy atom. The lowest BCUT2D eigenvalue weighted by atomic mass is 10.0. The number of H-pyrrole nitrogens is 1. The minimum absolute atomic E-state index is 0.409. The van der Waals surface area contributed by atoms with Crippen molar-refractivity contribution in [2.24, 2.45) is 5.92 Å². The zero-order valence-corrected chi connectivity index (χ0v) is 9.24. The van der Waals surface area contributed by atoms with E-state index < -0.39 is 11.4 Å². The minimum Gasteiger partial charge on any atom is -0.372 e. The van der Waals surface area contributed by atoms with Gasteiger partial charge in [-0.2, -0.15) is 0 Å². The topological polar surface area (TPSA) is 63.1 Å². The fourth-order valence-electron chi connectivity index (χ4n) is 1.75. The lowest BCUT2D eigenvalue weighted by Crippen LogP contribution is -2.14. The Kier molecular flexibility index (Phi) is 2.64. The third kappa shape index (κ3) is 2.05. The zero-order chi connectivity index (χ0) is 11.7. The van der Waals surface area contributed by atoms with Crippen LogP contribution < -0.4 is 11.4 Å². The highest BCUT2D eigenvalue weighted by Gasteiger charge is 2.04. The van der Waals surface area contributed by atoms with E-state index in [1.54, 1.807) is 6.07 Å². The third-order valence-corrected chi connectivity index (χ3v) is 2.37. The Morgan fingerprint density at radius 1 is 1.31 bits per heavy atom. The second-order valence-corrected chi connectivity index (χ2v) is 4.28. The van der Waals surface area contributed by atoms with Crippen LogP contribution in [0.25, 0.3) is 10.9 Å². The minimum atomic E-state index is -0.709. The van der Waals surface area contributed by atoms with E-state index >= 15 is 0 Å². The Hall–Kier alpha value is -1.84. The molecule has 1 aromatic heterocycles. The summed E-state index contributed by atoms with van der Waals surface area (Å²) in [5.74, 6) is -0.177. The van der Waals surface area contributed by atoms with Crippen LogP contribution in [0.2, 0.25) is 0 Å². The summed E-state index contributed by atoms with van der Waals surface area (Å²) in [7, 11) is 0. The van der Waals surface area contributed by atoms with Crippen LogP contribution in [-0.4, -0.2) is 4.98 Å². The highest BCUT2D eigenvalue weighted by Crippen LogP contribution is 2.12. The van der Waals surface area contributed by atoms with Crippen molar-refractivity contribution < 1.29 is 4.42 Å². The zero-order valence-electron chi connectivity index (χ0n) is 9.24. The van der Waals surface area contributed by atoms with Crippen LogP contribution in [0.4, 0.5) is 0 Å². The van der Waals surface area contributed by atoms with Gasteiger partial charge in [-0.15, -0.1) is 0 Å². The van der Waals surface area contributed by atoms with E-state index in [9.17, 15) is 9.59 Å². The van der Waals surface area contributed by atoms with Crippen molar-refractivity contribution in [3.63, 3.8) is 0 Å². The molecule has 1 aromatic carbocycles. The maximum atomic E-state index is 11.3. The molecule has 0 unspecified atom stereocenters. The number of aromatic nitrogens is 1. The van der Waals surface area contributed by atoms with Crippen molar-refractivity contribution in [3.8, 4) is 0 Å². The number of rotatable bonds is 2. The lowest BCUT2D eigenvalue weighted by molar-refractivity contribution is 0.460. The largest absolute Gasteiger partial charge is 0.419 e. The Bertz CT molecular complexity index is 622. The van der Waals surface area contributed by atoms with Crippen LogP contribution in [-0.2, 0) is 6.42 Å². The standard InChI is InChI=1S/C12H13NO3/c1-7(2)5-8-3-4-9-10(6-8)13-12(15)16-11(9)14/h3-4,6-7H,5H2,1-2H3,(H,13,15). The first-order valence-electron chi connectivity index (χ1n) is 5.22. The SMILES string of the molecule is CC(C)Cc1ccc2c(=O)oc(=O)[nH]c2c1. The van der Waals surface area contributed by atoms with Crippen molar-refractivity contribution in [2.45, 2.75) is 20.3 Å². The van der Waals surface area contributed by atoms with Gasteiger partial charge in [0.1, 0.15) is 0 Å². The van der Waals surface area contributed by atoms with Gasteiger partial charge in [-0.05, 0) is 30.0 Å². The van der Waals surface area contributed by atoms with E-state index in [1.165, 1.54) is 0 Å². The van der Waals surface area contributed by atoms with Gasteiger partial charge in [0.2, 0.25) is 0 Å². The second kappa shape index (κ2) is 3.96. The van der Waals surface area contributed by atoms with Crippen LogP contribution in [0.1, 0.15) is 19.4 Å². The molecule has 0 radical (unpaired) electrons. The smallest absolute Gasteiger partial charge is 0.372 e. The Morgan fingerprint density at radius 3 is 2.75 bits per heavy atom. The van der Waals surface area contributed by atoms with E-state index in [0.717, 1.165) is 12.0 Å². The Balaban J connectivity index is 2.62. The summed E-state index contributed by atoms with van der Waals surface area (Å²) >= 11 is 0. The molecular weight excluding hydrogens is 206 g/mol. The van der Waals surface area contributed by atoms with Gasteiger partial charge in [-0.3, -0.25) is 4.98 Å². The molecule has 84 valence electrons. The van der Waals surface area contributed by atoms with Gasteiger partial charge in [-0.1, -0.05) is 19.9 Å². The first-order valence-corrected chi connectivity index (χ1v) is 5.22. The van der Waals surface area contributed by atoms with Crippen LogP contribution in [0.5, 0.6) is 0 Å². The van der Waals surface area contributed by atoms with Gasteiger partial charge in [0.05, 0.1) is 10.9 Å². The Labute approximate surface area is 91.9 Å². The molecule has 2 aromatic rings. The number of aromatic amines is 1. The molecule has 0 aliphatic carbocycles. The molecule has 4 nitrogen and oxygen atoms in total. The van der Waals surface area contributed by atoms with E-state index in [2.05, 4.69) is 23.2 Å². The molecule has 0 amide bonds. The maximum absolute atomic E-state index is 11.3. The average Bonchev–Trinajstić information content (AvgIpc) is 2.15. The molecule has 0 aliphatic heterocycles. The molecule has 0 fully saturated rings. The van der Waals surface area contributed by atoms with Gasteiger partial charge in [-0.25, -0.2) is 9.59 Å².